The van der Waals surface area contributed by atoms with E-state index in [4.69, 9.17) is 9.47 Å². The number of rotatable bonds is 4. The Kier molecular flexibility index (Phi) is 7.99. The molecule has 0 radical (unpaired) electrons. The molecule has 0 bridgehead atoms. The Labute approximate surface area is 196 Å². The lowest BCUT2D eigenvalue weighted by Crippen LogP contribution is -2.44. The Morgan fingerprint density at radius 2 is 1.91 bits per heavy atom. The first kappa shape index (κ1) is 25.0. The second-order valence-electron chi connectivity index (χ2n) is 8.64. The number of hydrogen-bond donors (Lipinski definition) is 2. The zero-order valence-corrected chi connectivity index (χ0v) is 20.6. The number of hydrogen-bond acceptors (Lipinski definition) is 6. The molecule has 8 nitrogen and oxygen atoms in total. The lowest BCUT2D eigenvalue weighted by molar-refractivity contribution is 0.0281. The fourth-order valence-electron chi connectivity index (χ4n) is 3.79. The van der Waals surface area contributed by atoms with E-state index in [-0.39, 0.29) is 28.9 Å². The fraction of sp³-hybridized carbons (Fsp3) is 0.458. The van der Waals surface area contributed by atoms with Gasteiger partial charge >= 0.3 is 0 Å². The van der Waals surface area contributed by atoms with E-state index < -0.39 is 10.0 Å². The number of benzene rings is 2. The molecule has 1 aliphatic heterocycles. The summed E-state index contributed by atoms with van der Waals surface area (Å²) in [7, 11) is -0.417. The van der Waals surface area contributed by atoms with Gasteiger partial charge in [-0.25, -0.2) is 8.42 Å². The van der Waals surface area contributed by atoms with E-state index >= 15 is 0 Å². The van der Waals surface area contributed by atoms with Crippen LogP contribution in [0.15, 0.2) is 47.4 Å². The lowest BCUT2D eigenvalue weighted by atomic mass is 10.0. The van der Waals surface area contributed by atoms with E-state index in [1.165, 1.54) is 0 Å². The Morgan fingerprint density at radius 1 is 1.18 bits per heavy atom. The van der Waals surface area contributed by atoms with Crippen LogP contribution in [0.1, 0.15) is 29.8 Å². The number of likely N-dealkylation sites (N-methyl/N-ethyl adjacent to an activating group) is 1. The molecule has 0 unspecified atom stereocenters. The van der Waals surface area contributed by atoms with Crippen molar-refractivity contribution in [1.82, 2.24) is 10.2 Å². The Hall–Kier alpha value is -2.62. The van der Waals surface area contributed by atoms with E-state index in [0.29, 0.717) is 42.3 Å². The van der Waals surface area contributed by atoms with Crippen LogP contribution in [-0.4, -0.2) is 65.2 Å². The molecule has 0 aliphatic carbocycles. The lowest BCUT2D eigenvalue weighted by Gasteiger charge is -2.30. The van der Waals surface area contributed by atoms with Gasteiger partial charge in [0.2, 0.25) is 0 Å². The predicted molar refractivity (Wildman–Crippen MR) is 128 cm³/mol. The second-order valence-corrected chi connectivity index (χ2v) is 10.3. The van der Waals surface area contributed by atoms with Crippen LogP contribution in [0.25, 0.3) is 0 Å². The smallest absolute Gasteiger partial charge is 0.262 e. The number of ether oxygens (including phenoxy) is 2. The van der Waals surface area contributed by atoms with Gasteiger partial charge in [0.05, 0.1) is 22.3 Å². The number of carbonyl (C=O) groups is 1. The molecule has 33 heavy (non-hydrogen) atoms. The molecule has 0 aromatic heterocycles. The minimum atomic E-state index is -3.79. The molecule has 1 aliphatic rings. The second kappa shape index (κ2) is 10.5. The summed E-state index contributed by atoms with van der Waals surface area (Å²) >= 11 is 0. The molecule has 0 fully saturated rings. The van der Waals surface area contributed by atoms with Crippen LogP contribution in [0.4, 0.5) is 5.69 Å². The predicted octanol–water partition coefficient (Wildman–Crippen LogP) is 2.89. The maximum atomic E-state index is 13.2. The summed E-state index contributed by atoms with van der Waals surface area (Å²) < 4.78 is 40.1. The standard InChI is InChI=1S/C24H33N3O5S/c1-16-8-6-7-9-23(16)33(29,30)26-19-10-11-20-21(12-19)32-15-18(3)25-13-17(2)22(31-5)14-27(4)24(20)28/h6-12,17-18,22,25-26H,13-15H2,1-5H3/t17-,18+,22-/m1/s1. The van der Waals surface area contributed by atoms with Crippen LogP contribution in [0.2, 0.25) is 0 Å². The molecule has 0 saturated carbocycles. The molecular weight excluding hydrogens is 442 g/mol. The van der Waals surface area contributed by atoms with Gasteiger partial charge in [0, 0.05) is 39.4 Å². The van der Waals surface area contributed by atoms with E-state index in [1.807, 2.05) is 6.92 Å². The molecular formula is C24H33N3O5S. The van der Waals surface area contributed by atoms with Crippen LogP contribution in [0.5, 0.6) is 5.75 Å². The Balaban J connectivity index is 1.93. The first-order valence-corrected chi connectivity index (χ1v) is 12.5. The molecule has 2 aromatic rings. The first-order chi connectivity index (χ1) is 15.6. The van der Waals surface area contributed by atoms with Gasteiger partial charge in [0.25, 0.3) is 15.9 Å². The van der Waals surface area contributed by atoms with E-state index in [0.717, 1.165) is 0 Å². The highest BCUT2D eigenvalue weighted by molar-refractivity contribution is 7.92. The summed E-state index contributed by atoms with van der Waals surface area (Å²) in [5.74, 6) is 0.312. The van der Waals surface area contributed by atoms with Crippen molar-refractivity contribution in [1.29, 1.82) is 0 Å². The van der Waals surface area contributed by atoms with Gasteiger partial charge in [-0.15, -0.1) is 0 Å². The van der Waals surface area contributed by atoms with E-state index in [9.17, 15) is 13.2 Å². The maximum absolute atomic E-state index is 13.2. The molecule has 3 atom stereocenters. The quantitative estimate of drug-likeness (QED) is 0.706. The number of anilines is 1. The number of aryl methyl sites for hydroxylation is 1. The van der Waals surface area contributed by atoms with Gasteiger partial charge in [-0.1, -0.05) is 25.1 Å². The van der Waals surface area contributed by atoms with E-state index in [1.54, 1.807) is 68.4 Å². The highest BCUT2D eigenvalue weighted by Crippen LogP contribution is 2.28. The molecule has 2 N–H and O–H groups in total. The van der Waals surface area contributed by atoms with Crippen molar-refractivity contribution in [2.75, 3.05) is 38.6 Å². The average Bonchev–Trinajstić information content (AvgIpc) is 2.78. The van der Waals surface area contributed by atoms with Gasteiger partial charge in [-0.2, -0.15) is 0 Å². The SMILES string of the molecule is CO[C@@H]1CN(C)C(=O)c2ccc(NS(=O)(=O)c3ccccc3C)cc2OC[C@H](C)NC[C@H]1C. The normalized spacial score (nSPS) is 22.5. The summed E-state index contributed by atoms with van der Waals surface area (Å²) in [6.07, 6.45) is -0.123. The number of amides is 1. The number of fused-ring (bicyclic) bond motifs is 1. The number of nitrogens with one attached hydrogen (secondary N) is 2. The third kappa shape index (κ3) is 6.04. The molecule has 0 saturated heterocycles. The summed E-state index contributed by atoms with van der Waals surface area (Å²) in [5, 5.41) is 3.43. The highest BCUT2D eigenvalue weighted by atomic mass is 32.2. The van der Waals surface area contributed by atoms with Crippen molar-refractivity contribution in [3.63, 3.8) is 0 Å². The topological polar surface area (TPSA) is 97.0 Å². The van der Waals surface area contributed by atoms with Crippen LogP contribution in [-0.2, 0) is 14.8 Å². The van der Waals surface area contributed by atoms with Gasteiger partial charge in [-0.05, 0) is 43.5 Å². The van der Waals surface area contributed by atoms with Crippen LogP contribution in [0.3, 0.4) is 0 Å². The average molecular weight is 476 g/mol. The number of nitrogens with zero attached hydrogens (tertiary/aromatic N) is 1. The maximum Gasteiger partial charge on any atom is 0.262 e. The van der Waals surface area contributed by atoms with Gasteiger partial charge in [0.15, 0.2) is 0 Å². The Bertz CT molecular complexity index is 1090. The van der Waals surface area contributed by atoms with Crippen LogP contribution in [0, 0.1) is 12.8 Å². The van der Waals surface area contributed by atoms with Gasteiger partial charge < -0.3 is 19.7 Å². The third-order valence-corrected chi connectivity index (χ3v) is 7.40. The monoisotopic (exact) mass is 475 g/mol. The molecule has 2 aromatic carbocycles. The minimum Gasteiger partial charge on any atom is -0.491 e. The number of methoxy groups -OCH3 is 1. The van der Waals surface area contributed by atoms with Crippen molar-refractivity contribution in [2.45, 2.75) is 37.8 Å². The van der Waals surface area contributed by atoms with E-state index in [2.05, 4.69) is 17.0 Å². The molecule has 3 rings (SSSR count). The summed E-state index contributed by atoms with van der Waals surface area (Å²) in [6.45, 7) is 7.29. The van der Waals surface area contributed by atoms with Crippen LogP contribution < -0.4 is 14.8 Å². The summed E-state index contributed by atoms with van der Waals surface area (Å²) in [4.78, 5) is 15.0. The number of carbonyl (C=O) groups excluding carboxylic acids is 1. The fourth-order valence-corrected chi connectivity index (χ4v) is 5.08. The Morgan fingerprint density at radius 3 is 2.61 bits per heavy atom. The summed E-state index contributed by atoms with van der Waals surface area (Å²) in [6, 6.07) is 11.5. The van der Waals surface area contributed by atoms with Crippen molar-refractivity contribution in [2.24, 2.45) is 5.92 Å². The third-order valence-electron chi connectivity index (χ3n) is 5.86. The van der Waals surface area contributed by atoms with Crippen molar-refractivity contribution in [3.05, 3.63) is 53.6 Å². The molecule has 1 heterocycles. The summed E-state index contributed by atoms with van der Waals surface area (Å²) in [5.41, 5.74) is 1.33. The largest absolute Gasteiger partial charge is 0.491 e. The van der Waals surface area contributed by atoms with Crippen molar-refractivity contribution in [3.8, 4) is 5.75 Å². The molecule has 1 amide bonds. The van der Waals surface area contributed by atoms with Gasteiger partial charge in [-0.3, -0.25) is 9.52 Å². The first-order valence-electron chi connectivity index (χ1n) is 11.0. The molecule has 9 heteroatoms. The zero-order valence-electron chi connectivity index (χ0n) is 19.8. The minimum absolute atomic E-state index is 0.0254. The highest BCUT2D eigenvalue weighted by Gasteiger charge is 2.26. The van der Waals surface area contributed by atoms with Crippen molar-refractivity contribution < 1.29 is 22.7 Å². The zero-order chi connectivity index (χ0) is 24.2. The van der Waals surface area contributed by atoms with Gasteiger partial charge in [0.1, 0.15) is 12.4 Å². The van der Waals surface area contributed by atoms with Crippen molar-refractivity contribution >= 4 is 21.6 Å². The molecule has 180 valence electrons. The van der Waals surface area contributed by atoms with Crippen LogP contribution >= 0.6 is 0 Å². The number of sulfonamides is 1. The molecule has 0 spiro atoms.